The van der Waals surface area contributed by atoms with Gasteiger partial charge in [0.2, 0.25) is 5.88 Å². The average molecular weight is 281 g/mol. The molecule has 2 aromatic heterocycles. The second-order valence-corrected chi connectivity index (χ2v) is 4.68. The van der Waals surface area contributed by atoms with Crippen LogP contribution in [-0.2, 0) is 0 Å². The number of benzene rings is 1. The van der Waals surface area contributed by atoms with E-state index in [9.17, 15) is 0 Å². The summed E-state index contributed by atoms with van der Waals surface area (Å²) in [5.74, 6) is 7.05. The summed E-state index contributed by atoms with van der Waals surface area (Å²) in [7, 11) is 0. The third-order valence-corrected chi connectivity index (χ3v) is 3.20. The molecule has 3 aromatic rings. The van der Waals surface area contributed by atoms with Crippen LogP contribution in [0.5, 0.6) is 11.6 Å². The Balaban J connectivity index is 2.08. The largest absolute Gasteiger partial charge is 0.436 e. The number of para-hydroxylation sites is 1. The molecule has 0 amide bonds. The number of pyridine rings is 1. The predicted octanol–water partition coefficient (Wildman–Crippen LogP) is 2.72. The molecule has 0 radical (unpaired) electrons. The number of hydrogen-bond donors (Lipinski definition) is 2. The molecule has 0 atom stereocenters. The van der Waals surface area contributed by atoms with Gasteiger partial charge in [-0.3, -0.25) is 0 Å². The van der Waals surface area contributed by atoms with Gasteiger partial charge < -0.3 is 10.2 Å². The van der Waals surface area contributed by atoms with Crippen molar-refractivity contribution in [2.24, 2.45) is 5.84 Å². The molecule has 0 aliphatic carbocycles. The molecule has 0 saturated carbocycles. The number of ether oxygens (including phenoxy) is 1. The lowest BCUT2D eigenvalue weighted by molar-refractivity contribution is 0.462. The Bertz CT molecular complexity index is 803. The topological polar surface area (TPSA) is 86.0 Å². The van der Waals surface area contributed by atoms with Crippen LogP contribution >= 0.6 is 0 Å². The maximum atomic E-state index is 5.91. The molecule has 0 aliphatic rings. The van der Waals surface area contributed by atoms with Crippen molar-refractivity contribution in [3.8, 4) is 11.6 Å². The molecule has 106 valence electrons. The van der Waals surface area contributed by atoms with Gasteiger partial charge in [-0.05, 0) is 26.0 Å². The van der Waals surface area contributed by atoms with Gasteiger partial charge in [0.1, 0.15) is 17.7 Å². The second kappa shape index (κ2) is 5.34. The van der Waals surface area contributed by atoms with E-state index in [2.05, 4.69) is 20.4 Å². The fraction of sp³-hybridized carbons (Fsp3) is 0.133. The minimum Gasteiger partial charge on any atom is -0.436 e. The van der Waals surface area contributed by atoms with Gasteiger partial charge in [0.25, 0.3) is 0 Å². The molecule has 0 bridgehead atoms. The minimum atomic E-state index is 0.453. The van der Waals surface area contributed by atoms with Gasteiger partial charge in [-0.1, -0.05) is 18.2 Å². The summed E-state index contributed by atoms with van der Waals surface area (Å²) < 4.78 is 5.91. The standard InChI is InChI=1S/C15H15N5O/c1-9-6-7-11-4-3-5-12(13(11)19-9)21-15-10(2)14(20-16)17-8-18-15/h3-8H,16H2,1-2H3,(H,17,18,20). The maximum absolute atomic E-state index is 5.91. The molecule has 3 N–H and O–H groups in total. The number of nitrogens with one attached hydrogen (secondary N) is 1. The Hall–Kier alpha value is -2.73. The first kappa shape index (κ1) is 13.3. The second-order valence-electron chi connectivity index (χ2n) is 4.68. The summed E-state index contributed by atoms with van der Waals surface area (Å²) in [5, 5.41) is 1.02. The molecule has 6 nitrogen and oxygen atoms in total. The van der Waals surface area contributed by atoms with Crippen LogP contribution < -0.4 is 16.0 Å². The van der Waals surface area contributed by atoms with E-state index in [0.29, 0.717) is 17.4 Å². The van der Waals surface area contributed by atoms with Crippen LogP contribution in [0.15, 0.2) is 36.7 Å². The van der Waals surface area contributed by atoms with Crippen molar-refractivity contribution in [3.63, 3.8) is 0 Å². The highest BCUT2D eigenvalue weighted by Crippen LogP contribution is 2.30. The average Bonchev–Trinajstić information content (AvgIpc) is 2.50. The van der Waals surface area contributed by atoms with Crippen LogP contribution in [0.25, 0.3) is 10.9 Å². The molecule has 0 aliphatic heterocycles. The predicted molar refractivity (Wildman–Crippen MR) is 81.1 cm³/mol. The van der Waals surface area contributed by atoms with E-state index in [-0.39, 0.29) is 0 Å². The molecule has 0 spiro atoms. The molecule has 0 unspecified atom stereocenters. The minimum absolute atomic E-state index is 0.453. The number of fused-ring (bicyclic) bond motifs is 1. The summed E-state index contributed by atoms with van der Waals surface area (Å²) in [5.41, 5.74) is 5.00. The molecule has 2 heterocycles. The molecule has 1 aromatic carbocycles. The lowest BCUT2D eigenvalue weighted by Crippen LogP contribution is -2.11. The Morgan fingerprint density at radius 2 is 1.95 bits per heavy atom. The summed E-state index contributed by atoms with van der Waals surface area (Å²) in [6.07, 6.45) is 1.40. The van der Waals surface area contributed by atoms with Crippen LogP contribution in [0.1, 0.15) is 11.3 Å². The molecular weight excluding hydrogens is 266 g/mol. The number of nitrogens with two attached hydrogens (primary N) is 1. The summed E-state index contributed by atoms with van der Waals surface area (Å²) in [6.45, 7) is 3.79. The number of hydrogen-bond acceptors (Lipinski definition) is 6. The zero-order valence-corrected chi connectivity index (χ0v) is 11.8. The van der Waals surface area contributed by atoms with Crippen molar-refractivity contribution in [3.05, 3.63) is 47.9 Å². The zero-order chi connectivity index (χ0) is 14.8. The monoisotopic (exact) mass is 281 g/mol. The van der Waals surface area contributed by atoms with Gasteiger partial charge in [0.15, 0.2) is 5.75 Å². The van der Waals surface area contributed by atoms with Gasteiger partial charge in [0.05, 0.1) is 5.56 Å². The lowest BCUT2D eigenvalue weighted by atomic mass is 10.2. The Kier molecular flexibility index (Phi) is 3.37. The highest BCUT2D eigenvalue weighted by molar-refractivity contribution is 5.84. The number of aromatic nitrogens is 3. The van der Waals surface area contributed by atoms with Crippen molar-refractivity contribution in [2.45, 2.75) is 13.8 Å². The van der Waals surface area contributed by atoms with Crippen molar-refractivity contribution in [1.29, 1.82) is 0 Å². The third kappa shape index (κ3) is 2.48. The van der Waals surface area contributed by atoms with Crippen LogP contribution in [0.4, 0.5) is 5.82 Å². The lowest BCUT2D eigenvalue weighted by Gasteiger charge is -2.11. The molecule has 21 heavy (non-hydrogen) atoms. The van der Waals surface area contributed by atoms with Crippen LogP contribution in [0, 0.1) is 13.8 Å². The van der Waals surface area contributed by atoms with Crippen molar-refractivity contribution >= 4 is 16.7 Å². The number of aryl methyl sites for hydroxylation is 1. The van der Waals surface area contributed by atoms with E-state index >= 15 is 0 Å². The summed E-state index contributed by atoms with van der Waals surface area (Å²) in [6, 6.07) is 9.77. The van der Waals surface area contributed by atoms with E-state index in [1.54, 1.807) is 0 Å². The van der Waals surface area contributed by atoms with E-state index in [4.69, 9.17) is 10.6 Å². The van der Waals surface area contributed by atoms with Crippen LogP contribution in [0.3, 0.4) is 0 Å². The molecule has 0 saturated heterocycles. The van der Waals surface area contributed by atoms with Gasteiger partial charge in [0, 0.05) is 11.1 Å². The zero-order valence-electron chi connectivity index (χ0n) is 11.8. The number of rotatable bonds is 3. The number of nitrogens with zero attached hydrogens (tertiary/aromatic N) is 3. The molecular formula is C15H15N5O. The van der Waals surface area contributed by atoms with E-state index < -0.39 is 0 Å². The smallest absolute Gasteiger partial charge is 0.227 e. The third-order valence-electron chi connectivity index (χ3n) is 3.20. The number of anilines is 1. The maximum Gasteiger partial charge on any atom is 0.227 e. The van der Waals surface area contributed by atoms with Crippen LogP contribution in [-0.4, -0.2) is 15.0 Å². The van der Waals surface area contributed by atoms with Crippen LogP contribution in [0.2, 0.25) is 0 Å². The SMILES string of the molecule is Cc1ccc2cccc(Oc3ncnc(NN)c3C)c2n1. The van der Waals surface area contributed by atoms with E-state index in [0.717, 1.165) is 22.2 Å². The highest BCUT2D eigenvalue weighted by Gasteiger charge is 2.11. The van der Waals surface area contributed by atoms with Crippen molar-refractivity contribution in [2.75, 3.05) is 5.43 Å². The molecule has 3 rings (SSSR count). The van der Waals surface area contributed by atoms with Crippen molar-refractivity contribution < 1.29 is 4.74 Å². The Morgan fingerprint density at radius 1 is 1.10 bits per heavy atom. The molecule has 0 fully saturated rings. The fourth-order valence-electron chi connectivity index (χ4n) is 2.09. The normalized spacial score (nSPS) is 10.6. The van der Waals surface area contributed by atoms with Crippen molar-refractivity contribution in [1.82, 2.24) is 15.0 Å². The Morgan fingerprint density at radius 3 is 2.76 bits per heavy atom. The van der Waals surface area contributed by atoms with Gasteiger partial charge in [-0.2, -0.15) is 0 Å². The number of hydrazine groups is 1. The van der Waals surface area contributed by atoms with Gasteiger partial charge in [-0.25, -0.2) is 20.8 Å². The quantitative estimate of drug-likeness (QED) is 0.567. The highest BCUT2D eigenvalue weighted by atomic mass is 16.5. The van der Waals surface area contributed by atoms with E-state index in [1.165, 1.54) is 6.33 Å². The van der Waals surface area contributed by atoms with Gasteiger partial charge in [-0.15, -0.1) is 0 Å². The summed E-state index contributed by atoms with van der Waals surface area (Å²) in [4.78, 5) is 12.7. The fourth-order valence-corrected chi connectivity index (χ4v) is 2.09. The first-order valence-corrected chi connectivity index (χ1v) is 6.51. The van der Waals surface area contributed by atoms with Gasteiger partial charge >= 0.3 is 0 Å². The first-order chi connectivity index (χ1) is 10.2. The molecule has 6 heteroatoms. The van der Waals surface area contributed by atoms with E-state index in [1.807, 2.05) is 44.2 Å². The first-order valence-electron chi connectivity index (χ1n) is 6.51. The Labute approximate surface area is 122 Å². The summed E-state index contributed by atoms with van der Waals surface area (Å²) >= 11 is 0. The number of nitrogen functional groups attached to an aromatic ring is 1.